The normalized spacial score (nSPS) is 9.50. The summed E-state index contributed by atoms with van der Waals surface area (Å²) in [6.07, 6.45) is 0. The van der Waals surface area contributed by atoms with Crippen LogP contribution in [0.2, 0.25) is 0 Å². The third-order valence-corrected chi connectivity index (χ3v) is 3.19. The third-order valence-electron chi connectivity index (χ3n) is 1.69. The fourth-order valence-electron chi connectivity index (χ4n) is 0.947. The summed E-state index contributed by atoms with van der Waals surface area (Å²) in [4.78, 5) is 0. The zero-order chi connectivity index (χ0) is 9.14. The van der Waals surface area contributed by atoms with Gasteiger partial charge in [0.1, 0.15) is 6.07 Å². The predicted molar refractivity (Wildman–Crippen MR) is 61.2 cm³/mol. The second kappa shape index (κ2) is 4.24. The molecule has 0 radical (unpaired) electrons. The minimum absolute atomic E-state index is 0.760. The van der Waals surface area contributed by atoms with Gasteiger partial charge in [-0.25, -0.2) is 0 Å². The first-order valence-electron chi connectivity index (χ1n) is 3.44. The van der Waals surface area contributed by atoms with Crippen molar-refractivity contribution in [2.45, 2.75) is 12.3 Å². The fraction of sp³-hybridized carbons (Fsp3) is 0.222. The zero-order valence-corrected chi connectivity index (χ0v) is 10.3. The minimum atomic E-state index is 0.760. The van der Waals surface area contributed by atoms with Crippen LogP contribution in [0.4, 0.5) is 0 Å². The number of nitriles is 1. The van der Waals surface area contributed by atoms with Gasteiger partial charge in [0.2, 0.25) is 0 Å². The lowest BCUT2D eigenvalue weighted by atomic mass is 10.1. The van der Waals surface area contributed by atoms with Crippen molar-refractivity contribution in [2.75, 3.05) is 0 Å². The van der Waals surface area contributed by atoms with E-state index in [9.17, 15) is 0 Å². The Morgan fingerprint density at radius 3 is 2.75 bits per heavy atom. The average Bonchev–Trinajstić information content (AvgIpc) is 2.05. The Labute approximate surface area is 94.0 Å². The van der Waals surface area contributed by atoms with E-state index in [-0.39, 0.29) is 0 Å². The Bertz CT molecular complexity index is 341. The van der Waals surface area contributed by atoms with Gasteiger partial charge in [0.25, 0.3) is 0 Å². The SMILES string of the molecule is Cc1cc(I)c(C#N)cc1CBr. The summed E-state index contributed by atoms with van der Waals surface area (Å²) in [5.41, 5.74) is 3.18. The van der Waals surface area contributed by atoms with Crippen LogP contribution in [0.3, 0.4) is 0 Å². The molecule has 0 aliphatic heterocycles. The first-order chi connectivity index (χ1) is 5.69. The Kier molecular flexibility index (Phi) is 3.53. The molecule has 0 bridgehead atoms. The maximum atomic E-state index is 8.76. The Hall–Kier alpha value is -0.0800. The highest BCUT2D eigenvalue weighted by Crippen LogP contribution is 2.19. The molecule has 0 saturated carbocycles. The van der Waals surface area contributed by atoms with Crippen LogP contribution in [0.25, 0.3) is 0 Å². The molecule has 0 aliphatic carbocycles. The van der Waals surface area contributed by atoms with E-state index >= 15 is 0 Å². The number of benzene rings is 1. The quantitative estimate of drug-likeness (QED) is 0.570. The maximum Gasteiger partial charge on any atom is 0.100 e. The summed E-state index contributed by atoms with van der Waals surface area (Å²) in [7, 11) is 0. The van der Waals surface area contributed by atoms with E-state index in [1.807, 2.05) is 12.1 Å². The van der Waals surface area contributed by atoms with Gasteiger partial charge in [0.05, 0.1) is 5.56 Å². The van der Waals surface area contributed by atoms with Gasteiger partial charge < -0.3 is 0 Å². The number of aryl methyl sites for hydroxylation is 1. The van der Waals surface area contributed by atoms with Crippen LogP contribution in [-0.2, 0) is 5.33 Å². The molecule has 0 aromatic heterocycles. The predicted octanol–water partition coefficient (Wildman–Crippen LogP) is 3.37. The molecule has 1 aromatic rings. The molecule has 0 N–H and O–H groups in total. The van der Waals surface area contributed by atoms with E-state index in [2.05, 4.69) is 51.5 Å². The van der Waals surface area contributed by atoms with Crippen LogP contribution >= 0.6 is 38.5 Å². The van der Waals surface area contributed by atoms with Crippen LogP contribution < -0.4 is 0 Å². The van der Waals surface area contributed by atoms with Gasteiger partial charge in [0.15, 0.2) is 0 Å². The number of halogens is 2. The first kappa shape index (κ1) is 10.0. The van der Waals surface area contributed by atoms with Crippen LogP contribution in [0.1, 0.15) is 16.7 Å². The van der Waals surface area contributed by atoms with Crippen molar-refractivity contribution in [3.8, 4) is 6.07 Å². The van der Waals surface area contributed by atoms with E-state index in [1.54, 1.807) is 0 Å². The monoisotopic (exact) mass is 335 g/mol. The second-order valence-electron chi connectivity index (χ2n) is 2.50. The molecule has 0 aliphatic rings. The summed E-state index contributed by atoms with van der Waals surface area (Å²) >= 11 is 5.57. The third kappa shape index (κ3) is 1.99. The molecule has 1 rings (SSSR count). The van der Waals surface area contributed by atoms with Crippen LogP contribution in [0.5, 0.6) is 0 Å². The number of hydrogen-bond acceptors (Lipinski definition) is 1. The van der Waals surface area contributed by atoms with Gasteiger partial charge in [-0.05, 0) is 52.8 Å². The molecule has 0 atom stereocenters. The zero-order valence-electron chi connectivity index (χ0n) is 6.56. The van der Waals surface area contributed by atoms with E-state index in [0.717, 1.165) is 14.5 Å². The molecule has 1 nitrogen and oxygen atoms in total. The summed E-state index contributed by atoms with van der Waals surface area (Å²) in [5.74, 6) is 0. The molecule has 0 spiro atoms. The molecule has 0 unspecified atom stereocenters. The maximum absolute atomic E-state index is 8.76. The first-order valence-corrected chi connectivity index (χ1v) is 5.64. The van der Waals surface area contributed by atoms with Crippen molar-refractivity contribution in [1.82, 2.24) is 0 Å². The molecular formula is C9H7BrIN. The fourth-order valence-corrected chi connectivity index (χ4v) is 2.29. The van der Waals surface area contributed by atoms with E-state index in [0.29, 0.717) is 0 Å². The topological polar surface area (TPSA) is 23.8 Å². The van der Waals surface area contributed by atoms with Crippen molar-refractivity contribution in [2.24, 2.45) is 0 Å². The van der Waals surface area contributed by atoms with Gasteiger partial charge in [0, 0.05) is 8.90 Å². The largest absolute Gasteiger partial charge is 0.192 e. The van der Waals surface area contributed by atoms with Crippen LogP contribution in [0, 0.1) is 21.8 Å². The summed E-state index contributed by atoms with van der Waals surface area (Å²) in [6.45, 7) is 2.06. The minimum Gasteiger partial charge on any atom is -0.192 e. The molecule has 0 amide bonds. The molecule has 0 saturated heterocycles. The lowest BCUT2D eigenvalue weighted by molar-refractivity contribution is 1.29. The summed E-state index contributed by atoms with van der Waals surface area (Å²) < 4.78 is 1.03. The second-order valence-corrected chi connectivity index (χ2v) is 4.23. The number of nitrogens with zero attached hydrogens (tertiary/aromatic N) is 1. The molecule has 0 fully saturated rings. The summed E-state index contributed by atoms with van der Waals surface area (Å²) in [5, 5.41) is 9.57. The Balaban J connectivity index is 3.30. The molecule has 12 heavy (non-hydrogen) atoms. The van der Waals surface area contributed by atoms with E-state index in [4.69, 9.17) is 5.26 Å². The highest BCUT2D eigenvalue weighted by atomic mass is 127. The van der Waals surface area contributed by atoms with Crippen molar-refractivity contribution in [3.05, 3.63) is 32.4 Å². The lowest BCUT2D eigenvalue weighted by Crippen LogP contribution is -1.90. The Morgan fingerprint density at radius 2 is 2.25 bits per heavy atom. The van der Waals surface area contributed by atoms with Gasteiger partial charge in [-0.2, -0.15) is 5.26 Å². The smallest absolute Gasteiger partial charge is 0.100 e. The number of alkyl halides is 1. The van der Waals surface area contributed by atoms with Crippen molar-refractivity contribution in [1.29, 1.82) is 5.26 Å². The molecular weight excluding hydrogens is 329 g/mol. The molecule has 1 aromatic carbocycles. The van der Waals surface area contributed by atoms with E-state index < -0.39 is 0 Å². The highest BCUT2D eigenvalue weighted by Gasteiger charge is 2.03. The van der Waals surface area contributed by atoms with Crippen LogP contribution in [-0.4, -0.2) is 0 Å². The molecule has 0 heterocycles. The highest BCUT2D eigenvalue weighted by molar-refractivity contribution is 14.1. The van der Waals surface area contributed by atoms with Crippen molar-refractivity contribution >= 4 is 38.5 Å². The van der Waals surface area contributed by atoms with Gasteiger partial charge in [-0.1, -0.05) is 15.9 Å². The standard InChI is InChI=1S/C9H7BrIN/c1-6-2-9(11)8(5-12)3-7(6)4-10/h2-3H,4H2,1H3. The van der Waals surface area contributed by atoms with Gasteiger partial charge in [-0.3, -0.25) is 0 Å². The number of rotatable bonds is 1. The van der Waals surface area contributed by atoms with E-state index in [1.165, 1.54) is 11.1 Å². The van der Waals surface area contributed by atoms with Gasteiger partial charge >= 0.3 is 0 Å². The molecule has 62 valence electrons. The van der Waals surface area contributed by atoms with Crippen molar-refractivity contribution < 1.29 is 0 Å². The van der Waals surface area contributed by atoms with Crippen molar-refractivity contribution in [3.63, 3.8) is 0 Å². The summed E-state index contributed by atoms with van der Waals surface area (Å²) in [6, 6.07) is 6.14. The Morgan fingerprint density at radius 1 is 1.58 bits per heavy atom. The van der Waals surface area contributed by atoms with Gasteiger partial charge in [-0.15, -0.1) is 0 Å². The average molecular weight is 336 g/mol. The van der Waals surface area contributed by atoms with Crippen LogP contribution in [0.15, 0.2) is 12.1 Å². The molecule has 3 heteroatoms. The lowest BCUT2D eigenvalue weighted by Gasteiger charge is -2.03. The number of hydrogen-bond donors (Lipinski definition) is 0.